The van der Waals surface area contributed by atoms with Crippen LogP contribution in [0, 0.1) is 6.92 Å². The Kier molecular flexibility index (Phi) is 4.88. The van der Waals surface area contributed by atoms with Gasteiger partial charge in [0.15, 0.2) is 0 Å². The largest absolute Gasteiger partial charge is 0.497 e. The zero-order valence-corrected chi connectivity index (χ0v) is 14.2. The second kappa shape index (κ2) is 7.25. The quantitative estimate of drug-likeness (QED) is 0.635. The predicted octanol–water partition coefficient (Wildman–Crippen LogP) is 3.89. The van der Waals surface area contributed by atoms with Crippen LogP contribution in [0.3, 0.4) is 0 Å². The van der Waals surface area contributed by atoms with Crippen LogP contribution in [0.4, 0.5) is 5.69 Å². The van der Waals surface area contributed by atoms with Crippen molar-refractivity contribution in [3.63, 3.8) is 0 Å². The second-order valence-electron chi connectivity index (χ2n) is 5.79. The molecule has 0 spiro atoms. The van der Waals surface area contributed by atoms with Crippen molar-refractivity contribution in [2.75, 3.05) is 19.0 Å². The number of carboxylic acids is 1. The summed E-state index contributed by atoms with van der Waals surface area (Å²) in [5, 5.41) is 13.3. The molecule has 130 valence electrons. The fourth-order valence-corrected chi connectivity index (χ4v) is 2.76. The topological polar surface area (TPSA) is 84.6 Å². The third-order valence-corrected chi connectivity index (χ3v) is 4.09. The number of benzene rings is 1. The van der Waals surface area contributed by atoms with Crippen molar-refractivity contribution in [3.05, 3.63) is 53.5 Å². The molecule has 2 N–H and O–H groups in total. The van der Waals surface area contributed by atoms with Gasteiger partial charge in [-0.2, -0.15) is 0 Å². The van der Waals surface area contributed by atoms with Gasteiger partial charge in [0.1, 0.15) is 11.3 Å². The summed E-state index contributed by atoms with van der Waals surface area (Å²) < 4.78 is 10.6. The molecule has 0 saturated carbocycles. The van der Waals surface area contributed by atoms with Gasteiger partial charge < -0.3 is 19.6 Å². The van der Waals surface area contributed by atoms with E-state index >= 15 is 0 Å². The average Bonchev–Trinajstić information content (AvgIpc) is 2.96. The van der Waals surface area contributed by atoms with Crippen LogP contribution in [0.5, 0.6) is 5.75 Å². The highest BCUT2D eigenvalue weighted by molar-refractivity contribution is 5.95. The number of nitrogens with zero attached hydrogens (tertiary/aromatic N) is 1. The summed E-state index contributed by atoms with van der Waals surface area (Å²) in [5.41, 5.74) is 3.16. The number of nitrogens with one attached hydrogen (secondary N) is 1. The highest BCUT2D eigenvalue weighted by atomic mass is 16.5. The van der Waals surface area contributed by atoms with Crippen molar-refractivity contribution in [2.24, 2.45) is 0 Å². The van der Waals surface area contributed by atoms with E-state index in [9.17, 15) is 4.79 Å². The number of anilines is 1. The smallest absolute Gasteiger partial charge is 0.372 e. The number of hydrogen-bond acceptors (Lipinski definition) is 5. The first kappa shape index (κ1) is 16.8. The highest BCUT2D eigenvalue weighted by Crippen LogP contribution is 2.28. The maximum absolute atomic E-state index is 11.1. The molecular formula is C19H20N2O4. The number of fused-ring (bicyclic) bond motifs is 1. The molecule has 6 heteroatoms. The number of aromatic nitrogens is 1. The Balaban J connectivity index is 1.61. The molecule has 3 rings (SSSR count). The summed E-state index contributed by atoms with van der Waals surface area (Å²) in [6.45, 7) is 2.54. The van der Waals surface area contributed by atoms with Gasteiger partial charge in [0.05, 0.1) is 7.11 Å². The molecule has 0 bridgehead atoms. The number of methoxy groups -OCH3 is 1. The second-order valence-corrected chi connectivity index (χ2v) is 5.79. The van der Waals surface area contributed by atoms with E-state index in [1.54, 1.807) is 26.3 Å². The Morgan fingerprint density at radius 2 is 2.16 bits per heavy atom. The lowest BCUT2D eigenvalue weighted by molar-refractivity contribution is 0.0664. The van der Waals surface area contributed by atoms with Crippen LogP contribution in [0.25, 0.3) is 11.0 Å². The Morgan fingerprint density at radius 1 is 1.32 bits per heavy atom. The van der Waals surface area contributed by atoms with Crippen LogP contribution in [0.15, 0.2) is 40.9 Å². The lowest BCUT2D eigenvalue weighted by Crippen LogP contribution is -2.03. The monoisotopic (exact) mass is 340 g/mol. The van der Waals surface area contributed by atoms with E-state index < -0.39 is 5.97 Å². The van der Waals surface area contributed by atoms with Crippen molar-refractivity contribution in [1.29, 1.82) is 0 Å². The van der Waals surface area contributed by atoms with Crippen molar-refractivity contribution >= 4 is 22.6 Å². The standard InChI is InChI=1S/C19H20N2O4/c1-12-16-11-14(5-6-17(16)25-18(12)19(22)23)20-8-3-4-13-10-15(24-2)7-9-21-13/h5-7,9-11,20H,3-4,8H2,1-2H3,(H,22,23). The SMILES string of the molecule is COc1ccnc(CCCNc2ccc3oc(C(=O)O)c(C)c3c2)c1. The summed E-state index contributed by atoms with van der Waals surface area (Å²) in [7, 11) is 1.64. The normalized spacial score (nSPS) is 10.8. The number of rotatable bonds is 7. The summed E-state index contributed by atoms with van der Waals surface area (Å²) in [6.07, 6.45) is 3.51. The van der Waals surface area contributed by atoms with Gasteiger partial charge in [0, 0.05) is 41.1 Å². The van der Waals surface area contributed by atoms with Crippen LogP contribution in [0.1, 0.15) is 28.2 Å². The first-order valence-corrected chi connectivity index (χ1v) is 8.07. The van der Waals surface area contributed by atoms with Gasteiger partial charge in [0.25, 0.3) is 0 Å². The number of carbonyl (C=O) groups is 1. The molecule has 2 heterocycles. The van der Waals surface area contributed by atoms with Crippen molar-refractivity contribution in [3.8, 4) is 5.75 Å². The van der Waals surface area contributed by atoms with Crippen LogP contribution in [-0.2, 0) is 6.42 Å². The van der Waals surface area contributed by atoms with E-state index in [-0.39, 0.29) is 5.76 Å². The minimum atomic E-state index is -1.05. The third kappa shape index (κ3) is 3.74. The minimum absolute atomic E-state index is 0.00347. The summed E-state index contributed by atoms with van der Waals surface area (Å²) in [6, 6.07) is 9.37. The summed E-state index contributed by atoms with van der Waals surface area (Å²) in [5.74, 6) is -0.238. The summed E-state index contributed by atoms with van der Waals surface area (Å²) >= 11 is 0. The highest BCUT2D eigenvalue weighted by Gasteiger charge is 2.16. The number of aryl methyl sites for hydroxylation is 2. The van der Waals surface area contributed by atoms with E-state index in [4.69, 9.17) is 14.3 Å². The van der Waals surface area contributed by atoms with Crippen molar-refractivity contribution in [2.45, 2.75) is 19.8 Å². The van der Waals surface area contributed by atoms with E-state index in [1.165, 1.54) is 0 Å². The molecular weight excluding hydrogens is 320 g/mol. The molecule has 3 aromatic rings. The number of ether oxygens (including phenoxy) is 1. The first-order chi connectivity index (χ1) is 12.1. The van der Waals surface area contributed by atoms with Gasteiger partial charge in [-0.25, -0.2) is 4.79 Å². The Bertz CT molecular complexity index is 902. The zero-order valence-electron chi connectivity index (χ0n) is 14.2. The van der Waals surface area contributed by atoms with Crippen molar-refractivity contribution in [1.82, 2.24) is 4.98 Å². The summed E-state index contributed by atoms with van der Waals surface area (Å²) in [4.78, 5) is 15.5. The lowest BCUT2D eigenvalue weighted by Gasteiger charge is -2.07. The zero-order chi connectivity index (χ0) is 17.8. The van der Waals surface area contributed by atoms with Gasteiger partial charge in [-0.05, 0) is 44.0 Å². The Labute approximate surface area is 145 Å². The molecule has 0 aliphatic heterocycles. The molecule has 0 radical (unpaired) electrons. The average molecular weight is 340 g/mol. The van der Waals surface area contributed by atoms with Gasteiger partial charge in [-0.1, -0.05) is 0 Å². The number of aromatic carboxylic acids is 1. The molecule has 25 heavy (non-hydrogen) atoms. The number of carboxylic acid groups (broad SMARTS) is 1. The number of hydrogen-bond donors (Lipinski definition) is 2. The van der Waals surface area contributed by atoms with Crippen molar-refractivity contribution < 1.29 is 19.1 Å². The van der Waals surface area contributed by atoms with Gasteiger partial charge in [-0.3, -0.25) is 4.98 Å². The predicted molar refractivity (Wildman–Crippen MR) is 95.5 cm³/mol. The Hall–Kier alpha value is -3.02. The van der Waals surface area contributed by atoms with Crippen LogP contribution >= 0.6 is 0 Å². The molecule has 0 atom stereocenters. The number of furan rings is 1. The molecule has 6 nitrogen and oxygen atoms in total. The van der Waals surface area contributed by atoms with E-state index in [0.717, 1.165) is 41.9 Å². The van der Waals surface area contributed by atoms with Gasteiger partial charge >= 0.3 is 5.97 Å². The maximum Gasteiger partial charge on any atom is 0.372 e. The van der Waals surface area contributed by atoms with Crippen LogP contribution < -0.4 is 10.1 Å². The molecule has 0 amide bonds. The minimum Gasteiger partial charge on any atom is -0.497 e. The molecule has 2 aromatic heterocycles. The Morgan fingerprint density at radius 3 is 2.92 bits per heavy atom. The maximum atomic E-state index is 11.1. The fraction of sp³-hybridized carbons (Fsp3) is 0.263. The molecule has 0 fully saturated rings. The lowest BCUT2D eigenvalue weighted by atomic mass is 10.1. The fourth-order valence-electron chi connectivity index (χ4n) is 2.76. The van der Waals surface area contributed by atoms with E-state index in [1.807, 2.05) is 24.3 Å². The third-order valence-electron chi connectivity index (χ3n) is 4.09. The molecule has 0 unspecified atom stereocenters. The van der Waals surface area contributed by atoms with Crippen LogP contribution in [0.2, 0.25) is 0 Å². The number of pyridine rings is 1. The van der Waals surface area contributed by atoms with E-state index in [2.05, 4.69) is 10.3 Å². The van der Waals surface area contributed by atoms with Gasteiger partial charge in [-0.15, -0.1) is 0 Å². The van der Waals surface area contributed by atoms with E-state index in [0.29, 0.717) is 11.1 Å². The molecule has 0 saturated heterocycles. The van der Waals surface area contributed by atoms with Gasteiger partial charge in [0.2, 0.25) is 5.76 Å². The first-order valence-electron chi connectivity index (χ1n) is 8.07. The van der Waals surface area contributed by atoms with Crippen LogP contribution in [-0.4, -0.2) is 29.7 Å². The molecule has 0 aliphatic rings. The molecule has 1 aromatic carbocycles. The molecule has 0 aliphatic carbocycles.